The molecule has 1 heterocycles. The molecule has 1 fully saturated rings. The molecule has 1 unspecified atom stereocenters. The summed E-state index contributed by atoms with van der Waals surface area (Å²) in [4.78, 5) is 11.0. The molecule has 0 amide bonds. The van der Waals surface area contributed by atoms with E-state index in [9.17, 15) is 4.79 Å². The predicted molar refractivity (Wildman–Crippen MR) is 42.6 cm³/mol. The quantitative estimate of drug-likeness (QED) is 0.614. The largest absolute Gasteiger partial charge is 0.300 e. The van der Waals surface area contributed by atoms with Crippen LogP contribution in [0.4, 0.5) is 0 Å². The standard InChI is InChI=1S/C8H11N3O/c1-11-5-8(9-10-11)6-2-3-7(12)4-6/h5-6H,2-4H2,1H3. The van der Waals surface area contributed by atoms with Gasteiger partial charge in [-0.25, -0.2) is 0 Å². The summed E-state index contributed by atoms with van der Waals surface area (Å²) in [6.07, 6.45) is 4.20. The molecule has 1 aliphatic rings. The molecule has 4 heteroatoms. The van der Waals surface area contributed by atoms with E-state index in [1.807, 2.05) is 13.2 Å². The van der Waals surface area contributed by atoms with Crippen molar-refractivity contribution >= 4 is 5.78 Å². The van der Waals surface area contributed by atoms with E-state index >= 15 is 0 Å². The number of ketones is 1. The van der Waals surface area contributed by atoms with Crippen molar-refractivity contribution in [1.29, 1.82) is 0 Å². The first kappa shape index (κ1) is 7.46. The average Bonchev–Trinajstić information content (AvgIpc) is 2.58. The number of aromatic nitrogens is 3. The second-order valence-electron chi connectivity index (χ2n) is 3.30. The number of hydrogen-bond donors (Lipinski definition) is 0. The topological polar surface area (TPSA) is 47.8 Å². The molecule has 4 nitrogen and oxygen atoms in total. The van der Waals surface area contributed by atoms with Gasteiger partial charge in [-0.2, -0.15) is 0 Å². The number of carbonyl (C=O) groups excluding carboxylic acids is 1. The van der Waals surface area contributed by atoms with Crippen LogP contribution in [0, 0.1) is 0 Å². The summed E-state index contributed by atoms with van der Waals surface area (Å²) in [6.45, 7) is 0. The lowest BCUT2D eigenvalue weighted by Crippen LogP contribution is -1.94. The Morgan fingerprint density at radius 3 is 3.00 bits per heavy atom. The molecule has 12 heavy (non-hydrogen) atoms. The van der Waals surface area contributed by atoms with Crippen molar-refractivity contribution in [3.05, 3.63) is 11.9 Å². The van der Waals surface area contributed by atoms with E-state index in [-0.39, 0.29) is 0 Å². The van der Waals surface area contributed by atoms with Gasteiger partial charge in [0, 0.05) is 32.0 Å². The second kappa shape index (κ2) is 2.69. The number of carbonyl (C=O) groups is 1. The van der Waals surface area contributed by atoms with E-state index in [1.165, 1.54) is 0 Å². The molecule has 0 N–H and O–H groups in total. The summed E-state index contributed by atoms with van der Waals surface area (Å²) in [6, 6.07) is 0. The Balaban J connectivity index is 2.15. The van der Waals surface area contributed by atoms with Crippen LogP contribution in [0.25, 0.3) is 0 Å². The maximum Gasteiger partial charge on any atom is 0.133 e. The molecule has 1 saturated carbocycles. The van der Waals surface area contributed by atoms with Gasteiger partial charge in [-0.1, -0.05) is 5.21 Å². The highest BCUT2D eigenvalue weighted by Crippen LogP contribution is 2.30. The summed E-state index contributed by atoms with van der Waals surface area (Å²) < 4.78 is 1.68. The van der Waals surface area contributed by atoms with Gasteiger partial charge in [0.25, 0.3) is 0 Å². The van der Waals surface area contributed by atoms with Gasteiger partial charge in [0.2, 0.25) is 0 Å². The highest BCUT2D eigenvalue weighted by molar-refractivity contribution is 5.81. The minimum atomic E-state index is 0.325. The van der Waals surface area contributed by atoms with Crippen LogP contribution in [-0.2, 0) is 11.8 Å². The molecule has 1 aromatic rings. The molecule has 1 aliphatic carbocycles. The maximum atomic E-state index is 11.0. The van der Waals surface area contributed by atoms with E-state index in [2.05, 4.69) is 10.3 Å². The first-order valence-corrected chi connectivity index (χ1v) is 4.13. The Hall–Kier alpha value is -1.19. The van der Waals surface area contributed by atoms with Crippen molar-refractivity contribution in [1.82, 2.24) is 15.0 Å². The van der Waals surface area contributed by atoms with Crippen LogP contribution in [0.1, 0.15) is 30.9 Å². The third kappa shape index (κ3) is 1.24. The highest BCUT2D eigenvalue weighted by atomic mass is 16.1. The SMILES string of the molecule is Cn1cc(C2CCC(=O)C2)nn1. The molecular weight excluding hydrogens is 154 g/mol. The van der Waals surface area contributed by atoms with Gasteiger partial charge in [-0.3, -0.25) is 9.48 Å². The Bertz CT molecular complexity index is 305. The summed E-state index contributed by atoms with van der Waals surface area (Å²) in [5.41, 5.74) is 0.961. The molecule has 2 rings (SSSR count). The van der Waals surface area contributed by atoms with Gasteiger partial charge in [-0.05, 0) is 6.42 Å². The third-order valence-electron chi connectivity index (χ3n) is 2.28. The molecule has 0 spiro atoms. The molecular formula is C8H11N3O. The van der Waals surface area contributed by atoms with E-state index in [0.717, 1.165) is 12.1 Å². The highest BCUT2D eigenvalue weighted by Gasteiger charge is 2.25. The Labute approximate surface area is 70.6 Å². The van der Waals surface area contributed by atoms with E-state index < -0.39 is 0 Å². The van der Waals surface area contributed by atoms with Crippen LogP contribution in [0.3, 0.4) is 0 Å². The van der Waals surface area contributed by atoms with Crippen LogP contribution >= 0.6 is 0 Å². The fourth-order valence-corrected chi connectivity index (χ4v) is 1.62. The van der Waals surface area contributed by atoms with Crippen molar-refractivity contribution in [2.45, 2.75) is 25.2 Å². The second-order valence-corrected chi connectivity index (χ2v) is 3.30. The van der Waals surface area contributed by atoms with Crippen LogP contribution < -0.4 is 0 Å². The zero-order chi connectivity index (χ0) is 8.55. The Morgan fingerprint density at radius 1 is 1.67 bits per heavy atom. The monoisotopic (exact) mass is 165 g/mol. The normalized spacial score (nSPS) is 23.4. The number of Topliss-reactive ketones (excluding diaryl/α,β-unsaturated/α-hetero) is 1. The molecule has 0 radical (unpaired) electrons. The van der Waals surface area contributed by atoms with Crippen LogP contribution in [0.2, 0.25) is 0 Å². The van der Waals surface area contributed by atoms with Crippen molar-refractivity contribution in [3.63, 3.8) is 0 Å². The van der Waals surface area contributed by atoms with E-state index in [1.54, 1.807) is 4.68 Å². The number of aryl methyl sites for hydroxylation is 1. The smallest absolute Gasteiger partial charge is 0.133 e. The molecule has 0 aromatic carbocycles. The lowest BCUT2D eigenvalue weighted by molar-refractivity contribution is -0.117. The first-order valence-electron chi connectivity index (χ1n) is 4.13. The van der Waals surface area contributed by atoms with Crippen LogP contribution in [0.15, 0.2) is 6.20 Å². The van der Waals surface area contributed by atoms with Gasteiger partial charge in [0.05, 0.1) is 5.69 Å². The predicted octanol–water partition coefficient (Wildman–Crippen LogP) is 0.652. The summed E-state index contributed by atoms with van der Waals surface area (Å²) in [5.74, 6) is 0.678. The van der Waals surface area contributed by atoms with Crippen LogP contribution in [-0.4, -0.2) is 20.8 Å². The van der Waals surface area contributed by atoms with Gasteiger partial charge >= 0.3 is 0 Å². The maximum absolute atomic E-state index is 11.0. The van der Waals surface area contributed by atoms with E-state index in [4.69, 9.17) is 0 Å². The van der Waals surface area contributed by atoms with Crippen molar-refractivity contribution in [2.75, 3.05) is 0 Å². The lowest BCUT2D eigenvalue weighted by atomic mass is 10.1. The van der Waals surface area contributed by atoms with E-state index in [0.29, 0.717) is 24.5 Å². The van der Waals surface area contributed by atoms with Crippen molar-refractivity contribution in [3.8, 4) is 0 Å². The fraction of sp³-hybridized carbons (Fsp3) is 0.625. The zero-order valence-electron chi connectivity index (χ0n) is 7.03. The molecule has 64 valence electrons. The number of nitrogens with zero attached hydrogens (tertiary/aromatic N) is 3. The summed E-state index contributed by atoms with van der Waals surface area (Å²) >= 11 is 0. The zero-order valence-corrected chi connectivity index (χ0v) is 7.03. The summed E-state index contributed by atoms with van der Waals surface area (Å²) in [5, 5.41) is 7.83. The first-order chi connectivity index (χ1) is 5.75. The number of rotatable bonds is 1. The van der Waals surface area contributed by atoms with Crippen LogP contribution in [0.5, 0.6) is 0 Å². The van der Waals surface area contributed by atoms with Gasteiger partial charge in [0.1, 0.15) is 5.78 Å². The molecule has 0 saturated heterocycles. The fourth-order valence-electron chi connectivity index (χ4n) is 1.62. The molecule has 0 aliphatic heterocycles. The molecule has 1 atom stereocenters. The Morgan fingerprint density at radius 2 is 2.50 bits per heavy atom. The van der Waals surface area contributed by atoms with Gasteiger partial charge in [-0.15, -0.1) is 5.10 Å². The summed E-state index contributed by atoms with van der Waals surface area (Å²) in [7, 11) is 1.84. The lowest BCUT2D eigenvalue weighted by Gasteiger charge is -1.99. The van der Waals surface area contributed by atoms with Crippen molar-refractivity contribution in [2.24, 2.45) is 7.05 Å². The third-order valence-corrected chi connectivity index (χ3v) is 2.28. The number of hydrogen-bond acceptors (Lipinski definition) is 3. The molecule has 0 bridgehead atoms. The van der Waals surface area contributed by atoms with Gasteiger partial charge < -0.3 is 0 Å². The van der Waals surface area contributed by atoms with Gasteiger partial charge in [0.15, 0.2) is 0 Å². The minimum Gasteiger partial charge on any atom is -0.300 e. The van der Waals surface area contributed by atoms with Crippen molar-refractivity contribution < 1.29 is 4.79 Å². The average molecular weight is 165 g/mol. The molecule has 1 aromatic heterocycles. The Kier molecular flexibility index (Phi) is 1.67. The minimum absolute atomic E-state index is 0.325.